The summed E-state index contributed by atoms with van der Waals surface area (Å²) in [5, 5.41) is 1.34. The highest BCUT2D eigenvalue weighted by Gasteiger charge is 2.51. The van der Waals surface area contributed by atoms with E-state index in [0.29, 0.717) is 11.8 Å². The smallest absolute Gasteiger partial charge is 0.226 e. The molecule has 3 heterocycles. The van der Waals surface area contributed by atoms with E-state index >= 15 is 0 Å². The molecule has 3 atom stereocenters. The Labute approximate surface area is 130 Å². The van der Waals surface area contributed by atoms with E-state index in [1.54, 1.807) is 0 Å². The van der Waals surface area contributed by atoms with Crippen LogP contribution in [-0.4, -0.2) is 22.3 Å². The molecule has 3 aliphatic rings. The quantitative estimate of drug-likeness (QED) is 0.740. The van der Waals surface area contributed by atoms with Crippen LogP contribution in [0.1, 0.15) is 37.1 Å². The van der Waals surface area contributed by atoms with Gasteiger partial charge < -0.3 is 9.88 Å². The van der Waals surface area contributed by atoms with Crippen molar-refractivity contribution in [2.75, 3.05) is 6.54 Å². The van der Waals surface area contributed by atoms with Crippen molar-refractivity contribution in [3.8, 4) is 0 Å². The van der Waals surface area contributed by atoms with Crippen LogP contribution >= 0.6 is 0 Å². The minimum atomic E-state index is 0.200. The molecule has 1 N–H and O–H groups in total. The van der Waals surface area contributed by atoms with Gasteiger partial charge >= 0.3 is 0 Å². The number of H-pyrrole nitrogens is 1. The van der Waals surface area contributed by atoms with Gasteiger partial charge in [-0.3, -0.25) is 4.79 Å². The molecule has 0 spiro atoms. The number of hydrogen-bond acceptors (Lipinski definition) is 1. The van der Waals surface area contributed by atoms with Gasteiger partial charge in [-0.2, -0.15) is 0 Å². The number of fused-ring (bicyclic) bond motifs is 7. The van der Waals surface area contributed by atoms with Crippen LogP contribution in [0.3, 0.4) is 0 Å². The van der Waals surface area contributed by atoms with Gasteiger partial charge in [0, 0.05) is 35.0 Å². The first-order chi connectivity index (χ1) is 10.7. The lowest BCUT2D eigenvalue weighted by Crippen LogP contribution is -2.35. The second-order valence-corrected chi connectivity index (χ2v) is 7.05. The Morgan fingerprint density at radius 1 is 1.27 bits per heavy atom. The Bertz CT molecular complexity index is 816. The summed E-state index contributed by atoms with van der Waals surface area (Å²) >= 11 is 0. The molecule has 22 heavy (non-hydrogen) atoms. The molecule has 1 saturated heterocycles. The fourth-order valence-corrected chi connectivity index (χ4v) is 4.89. The molecule has 0 bridgehead atoms. The maximum atomic E-state index is 12.8. The number of nitrogens with zero attached hydrogens (tertiary/aromatic N) is 1. The summed E-state index contributed by atoms with van der Waals surface area (Å²) in [7, 11) is 0. The summed E-state index contributed by atoms with van der Waals surface area (Å²) in [5.74, 6) is 1.03. The van der Waals surface area contributed by atoms with E-state index < -0.39 is 0 Å². The molecule has 5 rings (SSSR count). The molecule has 0 radical (unpaired) electrons. The van der Waals surface area contributed by atoms with E-state index in [2.05, 4.69) is 47.1 Å². The van der Waals surface area contributed by atoms with Crippen LogP contribution in [0.2, 0.25) is 0 Å². The summed E-state index contributed by atoms with van der Waals surface area (Å²) in [4.78, 5) is 18.6. The summed E-state index contributed by atoms with van der Waals surface area (Å²) in [5.41, 5.74) is 5.41. The first-order valence-corrected chi connectivity index (χ1v) is 8.29. The third-order valence-corrected chi connectivity index (χ3v) is 5.88. The highest BCUT2D eigenvalue weighted by molar-refractivity contribution is 5.88. The van der Waals surface area contributed by atoms with E-state index in [-0.39, 0.29) is 12.0 Å². The minimum absolute atomic E-state index is 0.200. The number of amides is 1. The van der Waals surface area contributed by atoms with Crippen LogP contribution in [0, 0.1) is 11.8 Å². The van der Waals surface area contributed by atoms with Gasteiger partial charge in [0.2, 0.25) is 5.91 Å². The van der Waals surface area contributed by atoms with E-state index in [1.165, 1.54) is 27.7 Å². The second-order valence-electron chi connectivity index (χ2n) is 7.05. The molecule has 1 aromatic heterocycles. The monoisotopic (exact) mass is 292 g/mol. The number of hydrogen-bond donors (Lipinski definition) is 1. The van der Waals surface area contributed by atoms with Crippen molar-refractivity contribution in [1.29, 1.82) is 0 Å². The molecule has 3 heteroatoms. The van der Waals surface area contributed by atoms with Crippen molar-refractivity contribution in [1.82, 2.24) is 9.88 Å². The third-order valence-electron chi connectivity index (χ3n) is 5.88. The zero-order chi connectivity index (χ0) is 14.8. The third kappa shape index (κ3) is 1.49. The zero-order valence-electron chi connectivity index (χ0n) is 12.8. The average Bonchev–Trinajstić information content (AvgIpc) is 3.03. The number of rotatable bonds is 0. The Hall–Kier alpha value is -2.03. The number of benzene rings is 1. The molecule has 0 unspecified atom stereocenters. The molecular formula is C19H20N2O. The first kappa shape index (κ1) is 12.5. The van der Waals surface area contributed by atoms with E-state index in [4.69, 9.17) is 0 Å². The average molecular weight is 292 g/mol. The van der Waals surface area contributed by atoms with Gasteiger partial charge in [-0.25, -0.2) is 0 Å². The number of aromatic amines is 1. The fraction of sp³-hybridized carbons (Fsp3) is 0.421. The summed E-state index contributed by atoms with van der Waals surface area (Å²) in [6, 6.07) is 8.81. The number of para-hydroxylation sites is 1. The molecule has 1 amide bonds. The van der Waals surface area contributed by atoms with Gasteiger partial charge in [0.15, 0.2) is 0 Å². The molecule has 1 aliphatic carbocycles. The minimum Gasteiger partial charge on any atom is -0.356 e. The van der Waals surface area contributed by atoms with Crippen LogP contribution in [0.4, 0.5) is 0 Å². The lowest BCUT2D eigenvalue weighted by Gasteiger charge is -2.33. The zero-order valence-corrected chi connectivity index (χ0v) is 12.8. The lowest BCUT2D eigenvalue weighted by atomic mass is 9.77. The molecule has 2 aliphatic heterocycles. The standard InChI is InChI=1S/C19H20N2O/c1-11-6-7-14-15(10-11)18-17-13(8-9-21(18)19(14)22)12-4-2-3-5-16(12)20-17/h2-6,14-15,18,20H,7-10H2,1H3/t14-,15+,18-/m0/s1. The van der Waals surface area contributed by atoms with Crippen molar-refractivity contribution in [3.63, 3.8) is 0 Å². The molecule has 2 aromatic rings. The van der Waals surface area contributed by atoms with E-state index in [9.17, 15) is 4.79 Å². The normalized spacial score (nSPS) is 30.0. The highest BCUT2D eigenvalue weighted by Crippen LogP contribution is 2.51. The summed E-state index contributed by atoms with van der Waals surface area (Å²) in [6.07, 6.45) is 5.24. The van der Waals surface area contributed by atoms with Gasteiger partial charge in [0.05, 0.1) is 6.04 Å². The molecule has 1 aromatic carbocycles. The van der Waals surface area contributed by atoms with Crippen molar-refractivity contribution in [3.05, 3.63) is 47.2 Å². The van der Waals surface area contributed by atoms with Gasteiger partial charge in [0.1, 0.15) is 0 Å². The van der Waals surface area contributed by atoms with Crippen LogP contribution in [0.15, 0.2) is 35.9 Å². The van der Waals surface area contributed by atoms with Gasteiger partial charge in [0.25, 0.3) is 0 Å². The van der Waals surface area contributed by atoms with Crippen LogP contribution in [0.5, 0.6) is 0 Å². The van der Waals surface area contributed by atoms with Crippen LogP contribution in [0.25, 0.3) is 10.9 Å². The van der Waals surface area contributed by atoms with Crippen molar-refractivity contribution >= 4 is 16.8 Å². The van der Waals surface area contributed by atoms with Crippen LogP contribution in [-0.2, 0) is 11.2 Å². The first-order valence-electron chi connectivity index (χ1n) is 8.29. The molecule has 112 valence electrons. The number of aromatic nitrogens is 1. The number of carbonyl (C=O) groups excluding carboxylic acids is 1. The maximum absolute atomic E-state index is 12.8. The molecule has 1 fully saturated rings. The number of allylic oxidation sites excluding steroid dienone is 2. The lowest BCUT2D eigenvalue weighted by molar-refractivity contribution is -0.132. The van der Waals surface area contributed by atoms with Crippen LogP contribution < -0.4 is 0 Å². The Morgan fingerprint density at radius 2 is 2.14 bits per heavy atom. The van der Waals surface area contributed by atoms with Gasteiger partial charge in [-0.05, 0) is 37.8 Å². The fourth-order valence-electron chi connectivity index (χ4n) is 4.89. The SMILES string of the molecule is CC1=CC[C@@H]2C(=O)N3CCc4c([nH]c5ccccc45)[C@@H]3[C@@H]2C1. The highest BCUT2D eigenvalue weighted by atomic mass is 16.2. The van der Waals surface area contributed by atoms with Gasteiger partial charge in [-0.1, -0.05) is 29.8 Å². The number of carbonyl (C=O) groups is 1. The predicted octanol–water partition coefficient (Wildman–Crippen LogP) is 3.58. The van der Waals surface area contributed by atoms with Crippen molar-refractivity contribution < 1.29 is 4.79 Å². The summed E-state index contributed by atoms with van der Waals surface area (Å²) < 4.78 is 0. The largest absolute Gasteiger partial charge is 0.356 e. The van der Waals surface area contributed by atoms with Crippen molar-refractivity contribution in [2.45, 2.75) is 32.2 Å². The molecule has 3 nitrogen and oxygen atoms in total. The van der Waals surface area contributed by atoms with Crippen molar-refractivity contribution in [2.24, 2.45) is 11.8 Å². The Kier molecular flexibility index (Phi) is 2.42. The van der Waals surface area contributed by atoms with E-state index in [1.807, 2.05) is 0 Å². The Balaban J connectivity index is 1.69. The maximum Gasteiger partial charge on any atom is 0.226 e. The predicted molar refractivity (Wildman–Crippen MR) is 86.4 cm³/mol. The topological polar surface area (TPSA) is 36.1 Å². The second kappa shape index (κ2) is 4.25. The number of nitrogens with one attached hydrogen (secondary N) is 1. The summed E-state index contributed by atoms with van der Waals surface area (Å²) in [6.45, 7) is 3.09. The van der Waals surface area contributed by atoms with Gasteiger partial charge in [-0.15, -0.1) is 0 Å². The molecule has 0 saturated carbocycles. The van der Waals surface area contributed by atoms with E-state index in [0.717, 1.165) is 25.8 Å². The Morgan fingerprint density at radius 3 is 3.05 bits per heavy atom. The molecular weight excluding hydrogens is 272 g/mol.